The molecule has 36 heavy (non-hydrogen) atoms. The molecule has 4 N–H and O–H groups in total. The van der Waals surface area contributed by atoms with E-state index >= 15 is 0 Å². The third kappa shape index (κ3) is 7.83. The van der Waals surface area contributed by atoms with Crippen LogP contribution in [0, 0.1) is 6.92 Å². The Bertz CT molecular complexity index is 1320. The van der Waals surface area contributed by atoms with Gasteiger partial charge in [-0.25, -0.2) is 23.0 Å². The Labute approximate surface area is 210 Å². The number of carboxylic acid groups (broad SMARTS) is 1. The molecule has 3 aromatic rings. The predicted octanol–water partition coefficient (Wildman–Crippen LogP) is 3.02. The second-order valence-corrected chi connectivity index (χ2v) is 9.43. The Morgan fingerprint density at radius 1 is 1.14 bits per heavy atom. The summed E-state index contributed by atoms with van der Waals surface area (Å²) in [5, 5.41) is 19.3. The van der Waals surface area contributed by atoms with Gasteiger partial charge in [-0.15, -0.1) is 0 Å². The molecule has 0 saturated carbocycles. The number of nitrogens with two attached hydrogens (primary N) is 1. The fourth-order valence-electron chi connectivity index (χ4n) is 2.85. The Hall–Kier alpha value is -3.36. The van der Waals surface area contributed by atoms with Gasteiger partial charge in [-0.1, -0.05) is 29.8 Å². The molecule has 0 aliphatic heterocycles. The average Bonchev–Trinajstić information content (AvgIpc) is 3.24. The lowest BCUT2D eigenvalue weighted by atomic mass is 10.1. The highest BCUT2D eigenvalue weighted by atomic mass is 32.2. The summed E-state index contributed by atoms with van der Waals surface area (Å²) in [5.74, 6) is -1.32. The molecular weight excluding hydrogens is 521 g/mol. The minimum absolute atomic E-state index is 0.106. The molecule has 14 heteroatoms. The molecule has 9 nitrogen and oxygen atoms in total. The number of aliphatic carboxylic acids is 1. The molecule has 1 heterocycles. The molecule has 3 rings (SSSR count). The lowest BCUT2D eigenvalue weighted by molar-refractivity contribution is -0.141. The van der Waals surface area contributed by atoms with Gasteiger partial charge in [-0.3, -0.25) is 4.79 Å². The number of nitrogens with zero attached hydrogens (tertiary/aromatic N) is 2. The number of aryl methyl sites for hydroxylation is 1. The summed E-state index contributed by atoms with van der Waals surface area (Å²) in [6.07, 6.45) is -4.61. The number of carbonyl (C=O) groups is 2. The van der Waals surface area contributed by atoms with Crippen molar-refractivity contribution in [3.63, 3.8) is 0 Å². The number of sulfonamides is 1. The fraction of sp³-hybridized carbons (Fsp3) is 0.227. The summed E-state index contributed by atoms with van der Waals surface area (Å²) in [6, 6.07) is 12.2. The van der Waals surface area contributed by atoms with E-state index in [1.165, 1.54) is 31.2 Å². The van der Waals surface area contributed by atoms with Gasteiger partial charge < -0.3 is 10.4 Å². The van der Waals surface area contributed by atoms with Crippen LogP contribution in [0.15, 0.2) is 59.5 Å². The summed E-state index contributed by atoms with van der Waals surface area (Å²) < 4.78 is 63.2. The Morgan fingerprint density at radius 2 is 1.69 bits per heavy atom. The van der Waals surface area contributed by atoms with E-state index in [9.17, 15) is 31.2 Å². The van der Waals surface area contributed by atoms with Crippen molar-refractivity contribution < 1.29 is 36.3 Å². The summed E-state index contributed by atoms with van der Waals surface area (Å²) in [5.41, 5.74) is 0.996. The minimum Gasteiger partial charge on any atom is -0.480 e. The smallest absolute Gasteiger partial charge is 0.435 e. The molecule has 194 valence electrons. The highest BCUT2D eigenvalue weighted by molar-refractivity contribution is 7.89. The Balaban J connectivity index is 0.000000388. The highest BCUT2D eigenvalue weighted by Gasteiger charge is 2.35. The quantitative estimate of drug-likeness (QED) is 0.351. The lowest BCUT2D eigenvalue weighted by Gasteiger charge is -2.09. The van der Waals surface area contributed by atoms with Gasteiger partial charge in [0.25, 0.3) is 0 Å². The Kier molecular flexibility index (Phi) is 9.29. The standard InChI is InChI=1S/C17H14F3N3O2S.C5H9NO3S/c1-11-2-4-12(5-3-11)15-10-16(17(18,19)20)22-23(15)13-6-8-14(9-7-13)26(21,24)25;1-3(7)6-4(2-10)5(8)9/h2-10H,1H3,(H2,21,24,25);4,10H,2H2,1H3,(H,6,7)(H,8,9)/t;4-/m.0/s1. The lowest BCUT2D eigenvalue weighted by Crippen LogP contribution is -2.40. The molecular formula is C22H23F3N4O5S2. The maximum Gasteiger partial charge on any atom is 0.435 e. The molecule has 0 fully saturated rings. The zero-order valence-corrected chi connectivity index (χ0v) is 20.7. The number of primary sulfonamides is 1. The van der Waals surface area contributed by atoms with Crippen LogP contribution in [0.2, 0.25) is 0 Å². The van der Waals surface area contributed by atoms with Gasteiger partial charge >= 0.3 is 12.1 Å². The second kappa shape index (κ2) is 11.6. The number of nitrogens with one attached hydrogen (secondary N) is 1. The van der Waals surface area contributed by atoms with Crippen molar-refractivity contribution in [2.24, 2.45) is 5.14 Å². The zero-order chi connectivity index (χ0) is 27.3. The number of rotatable bonds is 6. The normalized spacial score (nSPS) is 12.3. The van der Waals surface area contributed by atoms with E-state index in [0.717, 1.165) is 16.3 Å². The van der Waals surface area contributed by atoms with Crippen molar-refractivity contribution in [1.29, 1.82) is 0 Å². The molecule has 1 amide bonds. The van der Waals surface area contributed by atoms with Crippen molar-refractivity contribution in [3.8, 4) is 16.9 Å². The number of alkyl halides is 3. The van der Waals surface area contributed by atoms with E-state index in [-0.39, 0.29) is 27.9 Å². The van der Waals surface area contributed by atoms with Crippen molar-refractivity contribution in [3.05, 3.63) is 65.9 Å². The van der Waals surface area contributed by atoms with Crippen LogP contribution in [-0.2, 0) is 25.8 Å². The molecule has 1 aromatic heterocycles. The third-order valence-corrected chi connectivity index (χ3v) is 5.91. The fourth-order valence-corrected chi connectivity index (χ4v) is 3.62. The topological polar surface area (TPSA) is 144 Å². The largest absolute Gasteiger partial charge is 0.480 e. The number of hydrogen-bond acceptors (Lipinski definition) is 6. The van der Waals surface area contributed by atoms with Crippen molar-refractivity contribution in [1.82, 2.24) is 15.1 Å². The van der Waals surface area contributed by atoms with Crippen LogP contribution >= 0.6 is 12.6 Å². The number of carboxylic acids is 1. The molecule has 0 unspecified atom stereocenters. The minimum atomic E-state index is -4.61. The van der Waals surface area contributed by atoms with Gasteiger partial charge in [-0.2, -0.15) is 30.9 Å². The first kappa shape index (κ1) is 28.9. The average molecular weight is 545 g/mol. The number of thiol groups is 1. The van der Waals surface area contributed by atoms with Gasteiger partial charge in [0.2, 0.25) is 15.9 Å². The molecule has 1 atom stereocenters. The Morgan fingerprint density at radius 3 is 2.08 bits per heavy atom. The summed E-state index contributed by atoms with van der Waals surface area (Å²) in [6.45, 7) is 3.13. The van der Waals surface area contributed by atoms with Gasteiger partial charge in [0.1, 0.15) is 6.04 Å². The maximum absolute atomic E-state index is 13.1. The maximum atomic E-state index is 13.1. The van der Waals surface area contributed by atoms with Crippen molar-refractivity contribution in [2.45, 2.75) is 31.0 Å². The number of amides is 1. The molecule has 0 saturated heterocycles. The molecule has 0 aliphatic rings. The molecule has 0 radical (unpaired) electrons. The summed E-state index contributed by atoms with van der Waals surface area (Å²) >= 11 is 3.73. The first-order chi connectivity index (χ1) is 16.6. The van der Waals surface area contributed by atoms with Crippen LogP contribution in [0.4, 0.5) is 13.2 Å². The second-order valence-electron chi connectivity index (χ2n) is 7.50. The van der Waals surface area contributed by atoms with Crippen LogP contribution in [0.25, 0.3) is 16.9 Å². The third-order valence-electron chi connectivity index (χ3n) is 4.62. The number of benzene rings is 2. The van der Waals surface area contributed by atoms with Gasteiger partial charge in [0.05, 0.1) is 16.3 Å². The van der Waals surface area contributed by atoms with E-state index in [0.29, 0.717) is 5.56 Å². The van der Waals surface area contributed by atoms with Gasteiger partial charge in [0.15, 0.2) is 5.69 Å². The van der Waals surface area contributed by atoms with E-state index in [4.69, 9.17) is 10.2 Å². The van der Waals surface area contributed by atoms with Gasteiger partial charge in [-0.05, 0) is 37.3 Å². The highest BCUT2D eigenvalue weighted by Crippen LogP contribution is 2.33. The van der Waals surface area contributed by atoms with Gasteiger partial charge in [0, 0.05) is 18.2 Å². The van der Waals surface area contributed by atoms with E-state index in [1.54, 1.807) is 24.3 Å². The van der Waals surface area contributed by atoms with Crippen LogP contribution in [0.5, 0.6) is 0 Å². The zero-order valence-electron chi connectivity index (χ0n) is 19.0. The summed E-state index contributed by atoms with van der Waals surface area (Å²) in [7, 11) is -3.90. The first-order valence-electron chi connectivity index (χ1n) is 10.1. The first-order valence-corrected chi connectivity index (χ1v) is 12.3. The van der Waals surface area contributed by atoms with E-state index in [1.807, 2.05) is 6.92 Å². The molecule has 2 aromatic carbocycles. The SMILES string of the molecule is CC(=O)N[C@@H](CS)C(=O)O.Cc1ccc(-c2cc(C(F)(F)F)nn2-c2ccc(S(N)(=O)=O)cc2)cc1. The van der Waals surface area contributed by atoms with E-state index in [2.05, 4.69) is 23.0 Å². The molecule has 0 aliphatic carbocycles. The monoisotopic (exact) mass is 544 g/mol. The molecule has 0 bridgehead atoms. The predicted molar refractivity (Wildman–Crippen MR) is 129 cm³/mol. The number of hydrogen-bond donors (Lipinski definition) is 4. The summed E-state index contributed by atoms with van der Waals surface area (Å²) in [4.78, 5) is 20.4. The van der Waals surface area contributed by atoms with Crippen LogP contribution in [0.1, 0.15) is 18.2 Å². The van der Waals surface area contributed by atoms with Crippen molar-refractivity contribution in [2.75, 3.05) is 5.75 Å². The van der Waals surface area contributed by atoms with Crippen LogP contribution in [-0.4, -0.2) is 47.0 Å². The van der Waals surface area contributed by atoms with Crippen molar-refractivity contribution >= 4 is 34.5 Å². The van der Waals surface area contributed by atoms with E-state index < -0.39 is 33.9 Å². The van der Waals surface area contributed by atoms with Crippen LogP contribution < -0.4 is 10.5 Å². The number of carbonyl (C=O) groups excluding carboxylic acids is 1. The van der Waals surface area contributed by atoms with Crippen LogP contribution in [0.3, 0.4) is 0 Å². The number of halogens is 3. The number of aromatic nitrogens is 2. The molecule has 0 spiro atoms.